The third kappa shape index (κ3) is 6.83. The Balaban J connectivity index is 1.07. The molecule has 4 bridgehead atoms. The molecule has 64 heavy (non-hydrogen) atoms. The molecule has 8 heterocycles. The summed E-state index contributed by atoms with van der Waals surface area (Å²) in [5.74, 6) is 4.15. The van der Waals surface area contributed by atoms with Crippen LogP contribution in [0.3, 0.4) is 0 Å². The zero-order valence-corrected chi connectivity index (χ0v) is 37.2. The second-order valence-corrected chi connectivity index (χ2v) is 18.7. The van der Waals surface area contributed by atoms with Gasteiger partial charge in [-0.05, 0) is 123 Å². The molecule has 0 amide bonds. The highest BCUT2D eigenvalue weighted by atomic mass is 16.5. The minimum atomic E-state index is -0.475. The molecular formula is C54H56N4O6. The van der Waals surface area contributed by atoms with Crippen LogP contribution in [-0.4, -0.2) is 83.8 Å². The van der Waals surface area contributed by atoms with Crippen molar-refractivity contribution < 1.29 is 28.5 Å². The molecule has 10 nitrogen and oxygen atoms in total. The van der Waals surface area contributed by atoms with Gasteiger partial charge in [-0.3, -0.25) is 29.4 Å². The minimum Gasteiger partial charge on any atom is -0.497 e. The molecular weight excluding hydrogens is 801 g/mol. The van der Waals surface area contributed by atoms with Gasteiger partial charge in [0.15, 0.2) is 11.6 Å². The van der Waals surface area contributed by atoms with E-state index in [1.165, 1.54) is 0 Å². The second-order valence-electron chi connectivity index (χ2n) is 18.7. The maximum absolute atomic E-state index is 15.1. The van der Waals surface area contributed by atoms with Crippen molar-refractivity contribution in [3.8, 4) is 23.0 Å². The molecule has 2 aromatic heterocycles. The van der Waals surface area contributed by atoms with Crippen LogP contribution in [0.15, 0.2) is 97.3 Å². The summed E-state index contributed by atoms with van der Waals surface area (Å²) in [5, 5.41) is 1.88. The first-order valence-electron chi connectivity index (χ1n) is 23.4. The molecule has 6 saturated heterocycles. The third-order valence-corrected chi connectivity index (χ3v) is 15.7. The summed E-state index contributed by atoms with van der Waals surface area (Å²) in [5.41, 5.74) is 4.87. The lowest BCUT2D eigenvalue weighted by Crippen LogP contribution is -2.56. The van der Waals surface area contributed by atoms with Crippen LogP contribution in [0.1, 0.15) is 108 Å². The van der Waals surface area contributed by atoms with E-state index >= 15 is 9.59 Å². The van der Waals surface area contributed by atoms with Gasteiger partial charge in [0.05, 0.1) is 48.5 Å². The molecule has 6 fully saturated rings. The van der Waals surface area contributed by atoms with E-state index in [0.717, 1.165) is 109 Å². The fraction of sp³-hybridized carbons (Fsp3) is 0.407. The van der Waals surface area contributed by atoms with E-state index in [4.69, 9.17) is 28.9 Å². The molecule has 0 spiro atoms. The number of carbonyl (C=O) groups is 2. The van der Waals surface area contributed by atoms with Crippen LogP contribution in [0.5, 0.6) is 23.0 Å². The molecule has 10 atom stereocenters. The number of piperidine rings is 6. The SMILES string of the molecule is CCC1CN2CC[C@H]1CC2C(Oc1ccc(OC(c2ccnc3ccc(OC)cc23)C2CC3CCN2C[C@@H]3CC)c2c1C(=O)c1ccccc1C2=O)c1ccnc2ccc(OC)cc12. The number of hydrogen-bond donors (Lipinski definition) is 0. The van der Waals surface area contributed by atoms with Gasteiger partial charge in [-0.15, -0.1) is 0 Å². The van der Waals surface area contributed by atoms with E-state index in [1.807, 2.05) is 85.2 Å². The molecule has 6 aromatic rings. The monoisotopic (exact) mass is 856 g/mol. The average Bonchev–Trinajstić information content (AvgIpc) is 3.36. The Bertz CT molecular complexity index is 2600. The summed E-state index contributed by atoms with van der Waals surface area (Å²) in [4.78, 5) is 45.0. The maximum atomic E-state index is 15.1. The van der Waals surface area contributed by atoms with Crippen LogP contribution in [0.4, 0.5) is 0 Å². The predicted octanol–water partition coefficient (Wildman–Crippen LogP) is 10.1. The van der Waals surface area contributed by atoms with Crippen molar-refractivity contribution in [2.75, 3.05) is 40.4 Å². The average molecular weight is 857 g/mol. The van der Waals surface area contributed by atoms with E-state index < -0.39 is 12.2 Å². The Morgan fingerprint density at radius 1 is 0.609 bits per heavy atom. The quantitative estimate of drug-likeness (QED) is 0.118. The third-order valence-electron chi connectivity index (χ3n) is 15.7. The smallest absolute Gasteiger partial charge is 0.198 e. The topological polar surface area (TPSA) is 103 Å². The number of nitrogens with zero attached hydrogens (tertiary/aromatic N) is 4. The molecule has 7 aliphatic rings. The maximum Gasteiger partial charge on any atom is 0.198 e. The zero-order valence-electron chi connectivity index (χ0n) is 37.2. The summed E-state index contributed by atoms with van der Waals surface area (Å²) in [6.07, 6.45) is 9.30. The summed E-state index contributed by atoms with van der Waals surface area (Å²) in [6.45, 7) is 8.58. The number of carbonyl (C=O) groups excluding carboxylic acids is 2. The summed E-state index contributed by atoms with van der Waals surface area (Å²) in [7, 11) is 3.35. The van der Waals surface area contributed by atoms with Gasteiger partial charge >= 0.3 is 0 Å². The first kappa shape index (κ1) is 40.9. The fourth-order valence-electron chi connectivity index (χ4n) is 12.3. The Labute approximate surface area is 374 Å². The predicted molar refractivity (Wildman–Crippen MR) is 247 cm³/mol. The van der Waals surface area contributed by atoms with Crippen LogP contribution in [0.25, 0.3) is 21.8 Å². The number of aromatic nitrogens is 2. The molecule has 0 N–H and O–H groups in total. The van der Waals surface area contributed by atoms with Crippen LogP contribution < -0.4 is 18.9 Å². The van der Waals surface area contributed by atoms with Crippen LogP contribution >= 0.6 is 0 Å². The lowest BCUT2D eigenvalue weighted by Gasteiger charge is -2.52. The van der Waals surface area contributed by atoms with Gasteiger partial charge in [0.2, 0.25) is 0 Å². The Morgan fingerprint density at radius 2 is 1.06 bits per heavy atom. The van der Waals surface area contributed by atoms with E-state index in [-0.39, 0.29) is 34.8 Å². The van der Waals surface area contributed by atoms with E-state index in [1.54, 1.807) is 26.4 Å². The number of ketones is 2. The van der Waals surface area contributed by atoms with Gasteiger partial charge in [-0.25, -0.2) is 0 Å². The molecule has 10 heteroatoms. The Hall–Kier alpha value is -5.84. The van der Waals surface area contributed by atoms with Gasteiger partial charge < -0.3 is 18.9 Å². The number of rotatable bonds is 12. The highest BCUT2D eigenvalue weighted by molar-refractivity contribution is 6.30. The van der Waals surface area contributed by atoms with E-state index in [0.29, 0.717) is 46.3 Å². The highest BCUT2D eigenvalue weighted by Crippen LogP contribution is 2.49. The number of fused-ring (bicyclic) bond motifs is 10. The van der Waals surface area contributed by atoms with Gasteiger partial charge in [-0.2, -0.15) is 0 Å². The molecule has 6 aliphatic heterocycles. The molecule has 8 unspecified atom stereocenters. The van der Waals surface area contributed by atoms with Crippen molar-refractivity contribution in [1.29, 1.82) is 0 Å². The van der Waals surface area contributed by atoms with Crippen molar-refractivity contribution in [1.82, 2.24) is 19.8 Å². The fourth-order valence-corrected chi connectivity index (χ4v) is 12.3. The summed E-state index contributed by atoms with van der Waals surface area (Å²) in [6, 6.07) is 27.0. The standard InChI is InChI=1S/C54H56N4O6/c1-5-31-29-57-23-19-33(31)25-45(57)53(39-17-21-55-43-13-11-35(61-3)27-41(39)43)63-47-15-16-48(50-49(47)51(59)37-9-7-8-10-38(37)52(50)60)64-54(46-26-34-20-24-58(46)30-32(34)6-2)40-18-22-56-44-14-12-36(62-4)28-42(40)44/h7-18,21-22,27-28,31-34,45-46,53-54H,5-6,19-20,23-26,29-30H2,1-4H3/t31-,32?,33?,34-,45?,46?,53?,54?/m0/s1. The number of methoxy groups -OCH3 is 2. The van der Waals surface area contributed by atoms with E-state index in [2.05, 4.69) is 23.6 Å². The Kier molecular flexibility index (Phi) is 10.6. The molecule has 0 radical (unpaired) electrons. The molecule has 13 rings (SSSR count). The van der Waals surface area contributed by atoms with Gasteiger partial charge in [0, 0.05) is 58.5 Å². The first-order valence-corrected chi connectivity index (χ1v) is 23.4. The van der Waals surface area contributed by atoms with Gasteiger partial charge in [0.25, 0.3) is 0 Å². The van der Waals surface area contributed by atoms with Crippen molar-refractivity contribution in [2.45, 2.75) is 76.7 Å². The van der Waals surface area contributed by atoms with Crippen molar-refractivity contribution >= 4 is 33.4 Å². The molecule has 0 saturated carbocycles. The lowest BCUT2D eigenvalue weighted by molar-refractivity contribution is -0.0493. The summed E-state index contributed by atoms with van der Waals surface area (Å²) < 4.78 is 26.3. The van der Waals surface area contributed by atoms with Crippen molar-refractivity contribution in [2.24, 2.45) is 23.7 Å². The van der Waals surface area contributed by atoms with Crippen LogP contribution in [-0.2, 0) is 0 Å². The Morgan fingerprint density at radius 3 is 1.45 bits per heavy atom. The minimum absolute atomic E-state index is 0.0377. The number of benzene rings is 4. The largest absolute Gasteiger partial charge is 0.497 e. The molecule has 328 valence electrons. The number of ether oxygens (including phenoxy) is 4. The normalized spacial score (nSPS) is 26.6. The van der Waals surface area contributed by atoms with Crippen molar-refractivity contribution in [3.05, 3.63) is 131 Å². The van der Waals surface area contributed by atoms with Gasteiger partial charge in [0.1, 0.15) is 35.2 Å². The molecule has 4 aromatic carbocycles. The van der Waals surface area contributed by atoms with Crippen molar-refractivity contribution in [3.63, 3.8) is 0 Å². The zero-order chi connectivity index (χ0) is 43.6. The van der Waals surface area contributed by atoms with Crippen LogP contribution in [0.2, 0.25) is 0 Å². The second kappa shape index (κ2) is 16.6. The van der Waals surface area contributed by atoms with Gasteiger partial charge in [-0.1, -0.05) is 51.0 Å². The lowest BCUT2D eigenvalue weighted by atomic mass is 9.72. The first-order chi connectivity index (χ1) is 31.3. The van der Waals surface area contributed by atoms with E-state index in [9.17, 15) is 0 Å². The van der Waals surface area contributed by atoms with Crippen LogP contribution in [0, 0.1) is 23.7 Å². The number of hydrogen-bond acceptors (Lipinski definition) is 10. The summed E-state index contributed by atoms with van der Waals surface area (Å²) >= 11 is 0. The highest BCUT2D eigenvalue weighted by Gasteiger charge is 2.47. The molecule has 1 aliphatic carbocycles. The number of pyridine rings is 2.